The SMILES string of the molecule is C1=N/C=C\CCC2CN1c1nccnc1N2. The summed E-state index contributed by atoms with van der Waals surface area (Å²) in [5.74, 6) is 1.71. The average molecular weight is 215 g/mol. The van der Waals surface area contributed by atoms with Crippen LogP contribution in [0.15, 0.2) is 29.7 Å². The Morgan fingerprint density at radius 2 is 2.25 bits per heavy atom. The molecule has 1 N–H and O–H groups in total. The van der Waals surface area contributed by atoms with Crippen molar-refractivity contribution in [2.24, 2.45) is 4.99 Å². The summed E-state index contributed by atoms with van der Waals surface area (Å²) in [4.78, 5) is 14.9. The maximum Gasteiger partial charge on any atom is 0.177 e. The molecule has 2 aliphatic heterocycles. The first-order valence-electron chi connectivity index (χ1n) is 5.46. The molecule has 0 saturated carbocycles. The number of hydrogen-bond donors (Lipinski definition) is 1. The number of nitrogens with zero attached hydrogens (tertiary/aromatic N) is 4. The summed E-state index contributed by atoms with van der Waals surface area (Å²) in [6.07, 6.45) is 11.3. The van der Waals surface area contributed by atoms with Gasteiger partial charge in [0, 0.05) is 31.2 Å². The third-order valence-corrected chi connectivity index (χ3v) is 2.79. The summed E-state index contributed by atoms with van der Waals surface area (Å²) >= 11 is 0. The maximum absolute atomic E-state index is 4.33. The van der Waals surface area contributed by atoms with Crippen molar-refractivity contribution < 1.29 is 0 Å². The lowest BCUT2D eigenvalue weighted by molar-refractivity contribution is 0.647. The van der Waals surface area contributed by atoms with Gasteiger partial charge in [0.15, 0.2) is 11.6 Å². The molecule has 0 aromatic carbocycles. The Hall–Kier alpha value is -1.91. The Kier molecular flexibility index (Phi) is 2.29. The van der Waals surface area contributed by atoms with Crippen molar-refractivity contribution in [3.8, 4) is 0 Å². The third kappa shape index (κ3) is 1.64. The van der Waals surface area contributed by atoms with Crippen LogP contribution in [0, 0.1) is 0 Å². The zero-order valence-electron chi connectivity index (χ0n) is 8.87. The highest BCUT2D eigenvalue weighted by Crippen LogP contribution is 2.26. The zero-order chi connectivity index (χ0) is 10.8. The summed E-state index contributed by atoms with van der Waals surface area (Å²) in [6, 6.07) is 0.415. The van der Waals surface area contributed by atoms with Gasteiger partial charge >= 0.3 is 0 Å². The second kappa shape index (κ2) is 3.92. The molecule has 5 heteroatoms. The van der Waals surface area contributed by atoms with Crippen LogP contribution in [0.25, 0.3) is 0 Å². The van der Waals surface area contributed by atoms with E-state index in [0.29, 0.717) is 6.04 Å². The van der Waals surface area contributed by atoms with E-state index in [9.17, 15) is 0 Å². The minimum absolute atomic E-state index is 0.415. The van der Waals surface area contributed by atoms with Gasteiger partial charge in [-0.25, -0.2) is 15.0 Å². The fourth-order valence-corrected chi connectivity index (χ4v) is 2.02. The van der Waals surface area contributed by atoms with E-state index in [4.69, 9.17) is 0 Å². The Balaban J connectivity index is 2.01. The van der Waals surface area contributed by atoms with Crippen LogP contribution in [-0.2, 0) is 0 Å². The van der Waals surface area contributed by atoms with Crippen molar-refractivity contribution in [2.75, 3.05) is 16.8 Å². The van der Waals surface area contributed by atoms with Gasteiger partial charge in [-0.3, -0.25) is 0 Å². The highest BCUT2D eigenvalue weighted by Gasteiger charge is 2.24. The minimum Gasteiger partial charge on any atom is -0.362 e. The monoisotopic (exact) mass is 215 g/mol. The number of aliphatic imine (C=N–C) groups is 1. The molecule has 16 heavy (non-hydrogen) atoms. The van der Waals surface area contributed by atoms with Crippen LogP contribution in [-0.4, -0.2) is 28.9 Å². The molecule has 0 radical (unpaired) electrons. The quantitative estimate of drug-likeness (QED) is 0.711. The number of rotatable bonds is 0. The van der Waals surface area contributed by atoms with Gasteiger partial charge in [-0.05, 0) is 12.8 Å². The average Bonchev–Trinajstić information content (AvgIpc) is 2.41. The van der Waals surface area contributed by atoms with Crippen LogP contribution in [0.3, 0.4) is 0 Å². The van der Waals surface area contributed by atoms with Crippen molar-refractivity contribution in [1.82, 2.24) is 9.97 Å². The second-order valence-electron chi connectivity index (χ2n) is 3.95. The Morgan fingerprint density at radius 3 is 3.25 bits per heavy atom. The lowest BCUT2D eigenvalue weighted by Crippen LogP contribution is -2.41. The predicted molar refractivity (Wildman–Crippen MR) is 63.7 cm³/mol. The summed E-state index contributed by atoms with van der Waals surface area (Å²) in [7, 11) is 0. The smallest absolute Gasteiger partial charge is 0.177 e. The van der Waals surface area contributed by atoms with Crippen LogP contribution in [0.2, 0.25) is 0 Å². The molecule has 3 rings (SSSR count). The summed E-state index contributed by atoms with van der Waals surface area (Å²) in [6.45, 7) is 0.900. The van der Waals surface area contributed by atoms with E-state index in [-0.39, 0.29) is 0 Å². The Morgan fingerprint density at radius 1 is 1.31 bits per heavy atom. The number of fused-ring (bicyclic) bond motifs is 4. The lowest BCUT2D eigenvalue weighted by atomic mass is 10.1. The summed E-state index contributed by atoms with van der Waals surface area (Å²) in [5.41, 5.74) is 0. The second-order valence-corrected chi connectivity index (χ2v) is 3.95. The normalized spacial score (nSPS) is 24.8. The van der Waals surface area contributed by atoms with Gasteiger partial charge in [-0.2, -0.15) is 0 Å². The van der Waals surface area contributed by atoms with E-state index in [1.807, 2.05) is 12.5 Å². The molecule has 0 spiro atoms. The first-order valence-corrected chi connectivity index (χ1v) is 5.46. The van der Waals surface area contributed by atoms with Gasteiger partial charge in [0.2, 0.25) is 0 Å². The van der Waals surface area contributed by atoms with Crippen molar-refractivity contribution in [2.45, 2.75) is 18.9 Å². The molecule has 3 heterocycles. The van der Waals surface area contributed by atoms with E-state index in [0.717, 1.165) is 31.0 Å². The fourth-order valence-electron chi connectivity index (χ4n) is 2.02. The van der Waals surface area contributed by atoms with Crippen LogP contribution in [0.1, 0.15) is 12.8 Å². The molecule has 1 aromatic rings. The number of hydrogen-bond acceptors (Lipinski definition) is 5. The van der Waals surface area contributed by atoms with E-state index in [2.05, 4.69) is 31.3 Å². The Bertz CT molecular complexity index is 440. The molecule has 82 valence electrons. The maximum atomic E-state index is 4.33. The molecule has 0 fully saturated rings. The molecular weight excluding hydrogens is 202 g/mol. The van der Waals surface area contributed by atoms with E-state index < -0.39 is 0 Å². The van der Waals surface area contributed by atoms with Gasteiger partial charge in [-0.15, -0.1) is 0 Å². The van der Waals surface area contributed by atoms with E-state index in [1.165, 1.54) is 0 Å². The molecule has 0 amide bonds. The summed E-state index contributed by atoms with van der Waals surface area (Å²) < 4.78 is 0. The highest BCUT2D eigenvalue weighted by molar-refractivity contribution is 5.84. The van der Waals surface area contributed by atoms with Gasteiger partial charge in [0.1, 0.15) is 0 Å². The Labute approximate surface area is 93.9 Å². The topological polar surface area (TPSA) is 53.4 Å². The third-order valence-electron chi connectivity index (χ3n) is 2.79. The lowest BCUT2D eigenvalue weighted by Gasteiger charge is -2.32. The number of aromatic nitrogens is 2. The fraction of sp³-hybridized carbons (Fsp3) is 0.364. The molecule has 2 bridgehead atoms. The van der Waals surface area contributed by atoms with Crippen LogP contribution in [0.5, 0.6) is 0 Å². The molecule has 1 unspecified atom stereocenters. The molecule has 0 aliphatic carbocycles. The highest BCUT2D eigenvalue weighted by atomic mass is 15.3. The summed E-state index contributed by atoms with van der Waals surface area (Å²) in [5, 5.41) is 3.41. The molecule has 1 atom stereocenters. The standard InChI is InChI=1S/C11H13N5/c1-2-4-12-8-16-7-9(3-1)15-10-11(16)14-6-5-13-10/h2,4-6,8-9H,1,3,7H2,(H,13,15)/b4-2-,12-8?. The first kappa shape index (κ1) is 9.33. The van der Waals surface area contributed by atoms with Gasteiger partial charge in [-0.1, -0.05) is 6.08 Å². The van der Waals surface area contributed by atoms with Crippen LogP contribution in [0.4, 0.5) is 11.6 Å². The van der Waals surface area contributed by atoms with Crippen molar-refractivity contribution in [1.29, 1.82) is 0 Å². The van der Waals surface area contributed by atoms with Crippen LogP contribution < -0.4 is 10.2 Å². The number of nitrogens with one attached hydrogen (secondary N) is 1. The van der Waals surface area contributed by atoms with Crippen molar-refractivity contribution in [3.05, 3.63) is 24.7 Å². The molecule has 5 nitrogen and oxygen atoms in total. The van der Waals surface area contributed by atoms with Crippen molar-refractivity contribution in [3.63, 3.8) is 0 Å². The number of anilines is 2. The van der Waals surface area contributed by atoms with E-state index >= 15 is 0 Å². The van der Waals surface area contributed by atoms with E-state index in [1.54, 1.807) is 12.4 Å². The molecule has 2 aliphatic rings. The predicted octanol–water partition coefficient (Wildman–Crippen LogP) is 1.41. The molecule has 1 aromatic heterocycles. The van der Waals surface area contributed by atoms with Gasteiger partial charge in [0.25, 0.3) is 0 Å². The van der Waals surface area contributed by atoms with Gasteiger partial charge in [0.05, 0.1) is 6.34 Å². The molecular formula is C11H13N5. The molecule has 0 saturated heterocycles. The van der Waals surface area contributed by atoms with Crippen molar-refractivity contribution >= 4 is 18.0 Å². The largest absolute Gasteiger partial charge is 0.362 e. The minimum atomic E-state index is 0.415. The number of allylic oxidation sites excluding steroid dienone is 1. The van der Waals surface area contributed by atoms with Gasteiger partial charge < -0.3 is 10.2 Å². The zero-order valence-corrected chi connectivity index (χ0v) is 8.87. The first-order chi connectivity index (χ1) is 7.93. The van der Waals surface area contributed by atoms with Crippen LogP contribution >= 0.6 is 0 Å².